The van der Waals surface area contributed by atoms with Gasteiger partial charge in [-0.1, -0.05) is 12.1 Å². The van der Waals surface area contributed by atoms with Crippen LogP contribution in [-0.4, -0.2) is 52.5 Å². The third-order valence-electron chi connectivity index (χ3n) is 5.66. The first-order valence-corrected chi connectivity index (χ1v) is 10.9. The molecule has 2 amide bonds. The highest BCUT2D eigenvalue weighted by atomic mass is 19.4. The Morgan fingerprint density at radius 3 is 2.40 bits per heavy atom. The molecule has 1 fully saturated rings. The van der Waals surface area contributed by atoms with Crippen LogP contribution in [0.2, 0.25) is 0 Å². The Morgan fingerprint density at radius 1 is 1.09 bits per heavy atom. The Labute approximate surface area is 198 Å². The molecule has 2 aromatic carbocycles. The first-order chi connectivity index (χ1) is 16.7. The maximum Gasteiger partial charge on any atom is 0.573 e. The highest BCUT2D eigenvalue weighted by Gasteiger charge is 2.31. The number of H-pyrrole nitrogens is 1. The third kappa shape index (κ3) is 6.31. The molecule has 0 atom stereocenters. The van der Waals surface area contributed by atoms with E-state index < -0.39 is 12.3 Å². The lowest BCUT2D eigenvalue weighted by molar-refractivity contribution is -0.274. The molecule has 4 rings (SSSR count). The summed E-state index contributed by atoms with van der Waals surface area (Å²) in [6, 6.07) is 12.2. The SMILES string of the molecule is NC(=O)c1cc(-c2ccn[nH]2)ccc1OC1CCN(C(=O)Cc2ccc(OC(F)(F)F)cc2)CC1. The van der Waals surface area contributed by atoms with Crippen molar-refractivity contribution in [3.05, 3.63) is 65.9 Å². The summed E-state index contributed by atoms with van der Waals surface area (Å²) in [5, 5.41) is 6.74. The molecule has 0 aliphatic carbocycles. The van der Waals surface area contributed by atoms with E-state index in [1.54, 1.807) is 35.4 Å². The van der Waals surface area contributed by atoms with Crippen LogP contribution < -0.4 is 15.2 Å². The number of carbonyl (C=O) groups excluding carboxylic acids is 2. The number of hydrogen-bond acceptors (Lipinski definition) is 5. The average Bonchev–Trinajstić information content (AvgIpc) is 3.35. The number of piperidine rings is 1. The Balaban J connectivity index is 1.32. The number of carbonyl (C=O) groups is 2. The van der Waals surface area contributed by atoms with E-state index in [1.165, 1.54) is 24.3 Å². The van der Waals surface area contributed by atoms with Gasteiger partial charge in [0.15, 0.2) is 0 Å². The second-order valence-corrected chi connectivity index (χ2v) is 8.11. The van der Waals surface area contributed by atoms with Gasteiger partial charge in [-0.05, 0) is 42.0 Å². The third-order valence-corrected chi connectivity index (χ3v) is 5.66. The fourth-order valence-corrected chi connectivity index (χ4v) is 3.91. The number of nitrogens with one attached hydrogen (secondary N) is 1. The molecule has 2 heterocycles. The topological polar surface area (TPSA) is 111 Å². The molecule has 184 valence electrons. The van der Waals surface area contributed by atoms with Crippen LogP contribution >= 0.6 is 0 Å². The molecule has 1 aliphatic rings. The van der Waals surface area contributed by atoms with E-state index in [2.05, 4.69) is 14.9 Å². The summed E-state index contributed by atoms with van der Waals surface area (Å²) in [6.07, 6.45) is -2.16. The largest absolute Gasteiger partial charge is 0.573 e. The Morgan fingerprint density at radius 2 is 1.80 bits per heavy atom. The van der Waals surface area contributed by atoms with Crippen molar-refractivity contribution in [1.29, 1.82) is 0 Å². The Bertz CT molecular complexity index is 1170. The van der Waals surface area contributed by atoms with Gasteiger partial charge in [0.05, 0.1) is 17.7 Å². The number of nitrogens with two attached hydrogens (primary N) is 1. The standard InChI is InChI=1S/C24H23F3N4O4/c25-24(26,27)35-18-4-1-15(2-5-18)13-22(32)31-11-8-17(9-12-31)34-21-6-3-16(14-19(21)23(28)33)20-7-10-29-30-20/h1-7,10,14,17H,8-9,11-13H2,(H2,28,33)(H,29,30). The fourth-order valence-electron chi connectivity index (χ4n) is 3.91. The zero-order chi connectivity index (χ0) is 25.0. The van der Waals surface area contributed by atoms with Crippen molar-refractivity contribution < 1.29 is 32.2 Å². The van der Waals surface area contributed by atoms with Gasteiger partial charge < -0.3 is 20.1 Å². The van der Waals surface area contributed by atoms with Crippen molar-refractivity contribution in [2.75, 3.05) is 13.1 Å². The summed E-state index contributed by atoms with van der Waals surface area (Å²) in [6.45, 7) is 0.911. The van der Waals surface area contributed by atoms with Gasteiger partial charge in [-0.3, -0.25) is 14.7 Å². The van der Waals surface area contributed by atoms with Gasteiger partial charge in [-0.2, -0.15) is 5.10 Å². The molecule has 1 saturated heterocycles. The number of hydrogen-bond donors (Lipinski definition) is 2. The molecule has 0 bridgehead atoms. The van der Waals surface area contributed by atoms with Gasteiger partial charge in [0.1, 0.15) is 17.6 Å². The van der Waals surface area contributed by atoms with Crippen LogP contribution in [0.15, 0.2) is 54.7 Å². The van der Waals surface area contributed by atoms with Crippen LogP contribution in [-0.2, 0) is 11.2 Å². The average molecular weight is 488 g/mol. The molecule has 0 saturated carbocycles. The number of likely N-dealkylation sites (tertiary alicyclic amines) is 1. The van der Waals surface area contributed by atoms with E-state index in [0.29, 0.717) is 37.2 Å². The molecule has 35 heavy (non-hydrogen) atoms. The molecule has 8 nitrogen and oxygen atoms in total. The molecular formula is C24H23F3N4O4. The van der Waals surface area contributed by atoms with E-state index in [-0.39, 0.29) is 29.7 Å². The zero-order valence-corrected chi connectivity index (χ0v) is 18.5. The quantitative estimate of drug-likeness (QED) is 0.527. The van der Waals surface area contributed by atoms with Crippen molar-refractivity contribution >= 4 is 11.8 Å². The van der Waals surface area contributed by atoms with Crippen LogP contribution in [0.25, 0.3) is 11.3 Å². The number of rotatable bonds is 7. The number of primary amides is 1. The lowest BCUT2D eigenvalue weighted by Crippen LogP contribution is -2.42. The molecule has 3 aromatic rings. The van der Waals surface area contributed by atoms with E-state index in [4.69, 9.17) is 10.5 Å². The number of aromatic nitrogens is 2. The van der Waals surface area contributed by atoms with Crippen LogP contribution in [0.4, 0.5) is 13.2 Å². The lowest BCUT2D eigenvalue weighted by Gasteiger charge is -2.32. The molecule has 0 spiro atoms. The minimum atomic E-state index is -4.76. The van der Waals surface area contributed by atoms with E-state index in [0.717, 1.165) is 11.3 Å². The minimum absolute atomic E-state index is 0.0682. The predicted molar refractivity (Wildman–Crippen MR) is 120 cm³/mol. The zero-order valence-electron chi connectivity index (χ0n) is 18.5. The summed E-state index contributed by atoms with van der Waals surface area (Å²) in [7, 11) is 0. The summed E-state index contributed by atoms with van der Waals surface area (Å²) in [5.41, 5.74) is 7.90. The number of halogens is 3. The maximum atomic E-state index is 12.6. The highest BCUT2D eigenvalue weighted by Crippen LogP contribution is 2.28. The predicted octanol–water partition coefficient (Wildman–Crippen LogP) is 3.69. The van der Waals surface area contributed by atoms with Gasteiger partial charge in [-0.15, -0.1) is 13.2 Å². The van der Waals surface area contributed by atoms with Crippen LogP contribution in [0.3, 0.4) is 0 Å². The summed E-state index contributed by atoms with van der Waals surface area (Å²) in [5.74, 6) is -0.693. The minimum Gasteiger partial charge on any atom is -0.489 e. The summed E-state index contributed by atoms with van der Waals surface area (Å²) < 4.78 is 46.7. The number of amides is 2. The molecular weight excluding hydrogens is 465 g/mol. The molecule has 0 unspecified atom stereocenters. The normalized spacial score (nSPS) is 14.5. The van der Waals surface area contributed by atoms with Gasteiger partial charge in [0.2, 0.25) is 5.91 Å². The maximum absolute atomic E-state index is 12.6. The molecule has 11 heteroatoms. The first-order valence-electron chi connectivity index (χ1n) is 10.9. The molecule has 1 aromatic heterocycles. The number of ether oxygens (including phenoxy) is 2. The van der Waals surface area contributed by atoms with E-state index in [9.17, 15) is 22.8 Å². The van der Waals surface area contributed by atoms with Crippen LogP contribution in [0.1, 0.15) is 28.8 Å². The van der Waals surface area contributed by atoms with Crippen LogP contribution in [0, 0.1) is 0 Å². The molecule has 0 radical (unpaired) electrons. The van der Waals surface area contributed by atoms with Crippen molar-refractivity contribution in [3.63, 3.8) is 0 Å². The smallest absolute Gasteiger partial charge is 0.489 e. The van der Waals surface area contributed by atoms with Gasteiger partial charge >= 0.3 is 6.36 Å². The van der Waals surface area contributed by atoms with E-state index >= 15 is 0 Å². The van der Waals surface area contributed by atoms with Crippen molar-refractivity contribution in [2.45, 2.75) is 31.7 Å². The van der Waals surface area contributed by atoms with Gasteiger partial charge in [-0.25, -0.2) is 0 Å². The number of nitrogens with zero attached hydrogens (tertiary/aromatic N) is 2. The summed E-state index contributed by atoms with van der Waals surface area (Å²) in [4.78, 5) is 26.3. The lowest BCUT2D eigenvalue weighted by atomic mass is 10.0. The Hall–Kier alpha value is -4.02. The van der Waals surface area contributed by atoms with Crippen molar-refractivity contribution in [1.82, 2.24) is 15.1 Å². The van der Waals surface area contributed by atoms with Crippen LogP contribution in [0.5, 0.6) is 11.5 Å². The second kappa shape index (κ2) is 10.1. The highest BCUT2D eigenvalue weighted by molar-refractivity contribution is 5.97. The molecule has 1 aliphatic heterocycles. The fraction of sp³-hybridized carbons (Fsp3) is 0.292. The second-order valence-electron chi connectivity index (χ2n) is 8.11. The van der Waals surface area contributed by atoms with E-state index in [1.807, 2.05) is 0 Å². The van der Waals surface area contributed by atoms with Crippen molar-refractivity contribution in [3.8, 4) is 22.8 Å². The monoisotopic (exact) mass is 488 g/mol. The Kier molecular flexibility index (Phi) is 6.94. The number of benzene rings is 2. The number of alkyl halides is 3. The van der Waals surface area contributed by atoms with Gasteiger partial charge in [0, 0.05) is 37.7 Å². The summed E-state index contributed by atoms with van der Waals surface area (Å²) >= 11 is 0. The first kappa shape index (κ1) is 24.1. The van der Waals surface area contributed by atoms with Gasteiger partial charge in [0.25, 0.3) is 5.91 Å². The number of aromatic amines is 1. The molecule has 3 N–H and O–H groups in total. The van der Waals surface area contributed by atoms with Crippen molar-refractivity contribution in [2.24, 2.45) is 5.73 Å².